The van der Waals surface area contributed by atoms with Gasteiger partial charge in [0.1, 0.15) is 0 Å². The molecule has 0 bridgehead atoms. The van der Waals surface area contributed by atoms with Crippen molar-refractivity contribution >= 4 is 29.0 Å². The maximum absolute atomic E-state index is 11.4. The van der Waals surface area contributed by atoms with Crippen molar-refractivity contribution in [3.8, 4) is 12.3 Å². The number of Topliss-reactive ketones (excluding diaryl/α,β-unsaturated/α-hetero) is 1. The van der Waals surface area contributed by atoms with Crippen LogP contribution in [0, 0.1) is 12.3 Å². The van der Waals surface area contributed by atoms with E-state index in [1.54, 1.807) is 18.2 Å². The first-order valence-corrected chi connectivity index (χ1v) is 4.33. The molecule has 0 aliphatic rings. The van der Waals surface area contributed by atoms with Gasteiger partial charge in [-0.1, -0.05) is 35.2 Å². The molecule has 1 aromatic rings. The minimum absolute atomic E-state index is 0.0173. The lowest BCUT2D eigenvalue weighted by Gasteiger charge is -2.02. The van der Waals surface area contributed by atoms with E-state index in [0.717, 1.165) is 0 Å². The molecule has 0 N–H and O–H groups in total. The highest BCUT2D eigenvalue weighted by molar-refractivity contribution is 6.39. The first-order valence-electron chi connectivity index (χ1n) is 3.57. The van der Waals surface area contributed by atoms with Gasteiger partial charge in [-0.15, -0.1) is 6.42 Å². The van der Waals surface area contributed by atoms with Gasteiger partial charge in [0.05, 0.1) is 22.0 Å². The standard InChI is InChI=1S/C10H6Cl2O/c1-2-4-9(13)10-7(11)5-3-6-8(10)12/h1,3,5-6H,4H2. The molecule has 0 atom stereocenters. The van der Waals surface area contributed by atoms with Crippen molar-refractivity contribution in [1.82, 2.24) is 0 Å². The minimum Gasteiger partial charge on any atom is -0.293 e. The number of halogens is 2. The first-order chi connectivity index (χ1) is 6.16. The van der Waals surface area contributed by atoms with Gasteiger partial charge in [0.15, 0.2) is 5.78 Å². The van der Waals surface area contributed by atoms with Crippen LogP contribution in [0.3, 0.4) is 0 Å². The van der Waals surface area contributed by atoms with Crippen molar-refractivity contribution in [2.75, 3.05) is 0 Å². The third-order valence-corrected chi connectivity index (χ3v) is 2.13. The van der Waals surface area contributed by atoms with E-state index in [0.29, 0.717) is 15.6 Å². The summed E-state index contributed by atoms with van der Waals surface area (Å²) in [7, 11) is 0. The Kier molecular flexibility index (Phi) is 3.36. The fourth-order valence-corrected chi connectivity index (χ4v) is 1.55. The van der Waals surface area contributed by atoms with Gasteiger partial charge in [-0.25, -0.2) is 0 Å². The number of benzene rings is 1. The molecule has 0 saturated heterocycles. The highest BCUT2D eigenvalue weighted by Gasteiger charge is 2.12. The maximum atomic E-state index is 11.4. The summed E-state index contributed by atoms with van der Waals surface area (Å²) < 4.78 is 0. The summed E-state index contributed by atoms with van der Waals surface area (Å²) in [6.45, 7) is 0. The molecule has 0 radical (unpaired) electrons. The highest BCUT2D eigenvalue weighted by atomic mass is 35.5. The summed E-state index contributed by atoms with van der Waals surface area (Å²) in [5.41, 5.74) is 0.309. The van der Waals surface area contributed by atoms with E-state index in [-0.39, 0.29) is 12.2 Å². The molecule has 1 aromatic carbocycles. The zero-order valence-corrected chi connectivity index (χ0v) is 8.19. The predicted molar refractivity (Wildman–Crippen MR) is 54.2 cm³/mol. The normalized spacial score (nSPS) is 9.31. The average molecular weight is 213 g/mol. The molecule has 0 aliphatic heterocycles. The molecule has 0 aromatic heterocycles. The molecule has 3 heteroatoms. The van der Waals surface area contributed by atoms with Gasteiger partial charge < -0.3 is 0 Å². The number of carbonyl (C=O) groups excluding carboxylic acids is 1. The van der Waals surface area contributed by atoms with E-state index in [9.17, 15) is 4.79 Å². The van der Waals surface area contributed by atoms with Crippen molar-refractivity contribution in [2.45, 2.75) is 6.42 Å². The summed E-state index contributed by atoms with van der Waals surface area (Å²) in [5, 5.41) is 0.681. The Hall–Kier alpha value is -0.970. The zero-order valence-electron chi connectivity index (χ0n) is 6.68. The molecular formula is C10H6Cl2O. The van der Waals surface area contributed by atoms with Crippen molar-refractivity contribution in [1.29, 1.82) is 0 Å². The third kappa shape index (κ3) is 2.24. The van der Waals surface area contributed by atoms with Gasteiger partial charge in [-0.05, 0) is 12.1 Å². The van der Waals surface area contributed by atoms with Crippen LogP contribution in [-0.2, 0) is 0 Å². The fourth-order valence-electron chi connectivity index (χ4n) is 0.945. The fraction of sp³-hybridized carbons (Fsp3) is 0.100. The number of carbonyl (C=O) groups is 1. The second-order valence-electron chi connectivity index (χ2n) is 2.40. The van der Waals surface area contributed by atoms with Gasteiger partial charge in [-0.2, -0.15) is 0 Å². The number of terminal acetylenes is 1. The number of rotatable bonds is 2. The van der Waals surface area contributed by atoms with E-state index in [4.69, 9.17) is 29.6 Å². The topological polar surface area (TPSA) is 17.1 Å². The van der Waals surface area contributed by atoms with Crippen molar-refractivity contribution < 1.29 is 4.79 Å². The summed E-state index contributed by atoms with van der Waals surface area (Å²) in [5.74, 6) is 2.03. The summed E-state index contributed by atoms with van der Waals surface area (Å²) in [4.78, 5) is 11.4. The van der Waals surface area contributed by atoms with E-state index in [1.807, 2.05) is 0 Å². The molecule has 0 unspecified atom stereocenters. The van der Waals surface area contributed by atoms with Crippen LogP contribution in [0.2, 0.25) is 10.0 Å². The second-order valence-corrected chi connectivity index (χ2v) is 3.22. The van der Waals surface area contributed by atoms with Crippen LogP contribution in [-0.4, -0.2) is 5.78 Å². The Morgan fingerprint density at radius 2 is 1.92 bits per heavy atom. The van der Waals surface area contributed by atoms with Crippen LogP contribution in [0.15, 0.2) is 18.2 Å². The predicted octanol–water partition coefficient (Wildman–Crippen LogP) is 3.20. The van der Waals surface area contributed by atoms with Gasteiger partial charge in [0, 0.05) is 0 Å². The lowest BCUT2D eigenvalue weighted by molar-refractivity contribution is 0.0998. The number of ketones is 1. The molecule has 0 fully saturated rings. The van der Waals surface area contributed by atoms with Crippen LogP contribution in [0.4, 0.5) is 0 Å². The zero-order chi connectivity index (χ0) is 9.84. The lowest BCUT2D eigenvalue weighted by atomic mass is 10.1. The molecule has 0 heterocycles. The Morgan fingerprint density at radius 3 is 2.38 bits per heavy atom. The van der Waals surface area contributed by atoms with Crippen LogP contribution in [0.5, 0.6) is 0 Å². The van der Waals surface area contributed by atoms with Gasteiger partial charge in [0.25, 0.3) is 0 Å². The minimum atomic E-state index is -0.224. The van der Waals surface area contributed by atoms with E-state index in [2.05, 4.69) is 5.92 Å². The molecule has 0 aliphatic carbocycles. The largest absolute Gasteiger partial charge is 0.293 e. The molecule has 13 heavy (non-hydrogen) atoms. The van der Waals surface area contributed by atoms with Crippen molar-refractivity contribution in [3.05, 3.63) is 33.8 Å². The van der Waals surface area contributed by atoms with Gasteiger partial charge in [0.2, 0.25) is 0 Å². The molecular weight excluding hydrogens is 207 g/mol. The van der Waals surface area contributed by atoms with Crippen molar-refractivity contribution in [2.24, 2.45) is 0 Å². The molecule has 1 rings (SSSR count). The van der Waals surface area contributed by atoms with Gasteiger partial charge >= 0.3 is 0 Å². The van der Waals surface area contributed by atoms with Crippen LogP contribution < -0.4 is 0 Å². The van der Waals surface area contributed by atoms with Crippen LogP contribution >= 0.6 is 23.2 Å². The van der Waals surface area contributed by atoms with E-state index >= 15 is 0 Å². The average Bonchev–Trinajstić information content (AvgIpc) is 2.04. The van der Waals surface area contributed by atoms with Crippen LogP contribution in [0.1, 0.15) is 16.8 Å². The van der Waals surface area contributed by atoms with Gasteiger partial charge in [-0.3, -0.25) is 4.79 Å². The molecule has 0 saturated carbocycles. The number of hydrogen-bond donors (Lipinski definition) is 0. The summed E-state index contributed by atoms with van der Waals surface area (Å²) >= 11 is 11.6. The SMILES string of the molecule is C#CCC(=O)c1c(Cl)cccc1Cl. The Morgan fingerprint density at radius 1 is 1.38 bits per heavy atom. The Labute approximate surface area is 86.7 Å². The Bertz CT molecular complexity index is 357. The third-order valence-electron chi connectivity index (χ3n) is 1.50. The quantitative estimate of drug-likeness (QED) is 0.544. The Balaban J connectivity index is 3.14. The first kappa shape index (κ1) is 10.1. The summed E-state index contributed by atoms with van der Waals surface area (Å²) in [6.07, 6.45) is 5.03. The molecule has 0 spiro atoms. The number of hydrogen-bond acceptors (Lipinski definition) is 1. The molecule has 66 valence electrons. The highest BCUT2D eigenvalue weighted by Crippen LogP contribution is 2.25. The smallest absolute Gasteiger partial charge is 0.177 e. The maximum Gasteiger partial charge on any atom is 0.177 e. The van der Waals surface area contributed by atoms with E-state index in [1.165, 1.54) is 0 Å². The molecule has 0 amide bonds. The monoisotopic (exact) mass is 212 g/mol. The van der Waals surface area contributed by atoms with Crippen LogP contribution in [0.25, 0.3) is 0 Å². The summed E-state index contributed by atoms with van der Waals surface area (Å²) in [6, 6.07) is 4.89. The second kappa shape index (κ2) is 4.32. The van der Waals surface area contributed by atoms with E-state index < -0.39 is 0 Å². The lowest BCUT2D eigenvalue weighted by Crippen LogP contribution is -1.99. The molecule has 1 nitrogen and oxygen atoms in total. The van der Waals surface area contributed by atoms with Crippen molar-refractivity contribution in [3.63, 3.8) is 0 Å².